The van der Waals surface area contributed by atoms with Gasteiger partial charge in [-0.3, -0.25) is 9.79 Å². The summed E-state index contributed by atoms with van der Waals surface area (Å²) < 4.78 is 28.0. The Morgan fingerprint density at radius 3 is 2.66 bits per heavy atom. The summed E-state index contributed by atoms with van der Waals surface area (Å²) in [5, 5.41) is 5.88. The second-order valence-electron chi connectivity index (χ2n) is 7.17. The predicted octanol–water partition coefficient (Wildman–Crippen LogP) is 4.55. The van der Waals surface area contributed by atoms with E-state index in [1.54, 1.807) is 12.1 Å². The molecule has 1 amide bonds. The van der Waals surface area contributed by atoms with Gasteiger partial charge in [0, 0.05) is 30.6 Å². The van der Waals surface area contributed by atoms with E-state index in [-0.39, 0.29) is 11.9 Å². The van der Waals surface area contributed by atoms with Crippen LogP contribution in [0.25, 0.3) is 0 Å². The molecule has 0 aromatic heterocycles. The van der Waals surface area contributed by atoms with Gasteiger partial charge in [0.05, 0.1) is 11.4 Å². The number of carbonyl (C=O) groups is 1. The average molecular weight is 400 g/mol. The monoisotopic (exact) mass is 400 g/mol. The van der Waals surface area contributed by atoms with Crippen LogP contribution < -0.4 is 10.6 Å². The topological polar surface area (TPSA) is 56.7 Å². The van der Waals surface area contributed by atoms with Gasteiger partial charge in [-0.25, -0.2) is 8.78 Å². The van der Waals surface area contributed by atoms with Gasteiger partial charge in [-0.05, 0) is 55.9 Å². The van der Waals surface area contributed by atoms with Crippen molar-refractivity contribution in [3.63, 3.8) is 0 Å². The Hall–Kier alpha value is -2.80. The van der Waals surface area contributed by atoms with Crippen LogP contribution in [-0.4, -0.2) is 42.7 Å². The third-order valence-corrected chi connectivity index (χ3v) is 5.04. The molecule has 0 aliphatic carbocycles. The Bertz CT molecular complexity index is 912. The quantitative estimate of drug-likeness (QED) is 0.640. The van der Waals surface area contributed by atoms with Crippen molar-refractivity contribution in [2.24, 2.45) is 4.99 Å². The zero-order valence-electron chi connectivity index (χ0n) is 16.9. The molecule has 2 unspecified atom stereocenters. The molecule has 0 spiro atoms. The summed E-state index contributed by atoms with van der Waals surface area (Å²) in [6, 6.07) is 8.87. The van der Waals surface area contributed by atoms with Crippen molar-refractivity contribution in [1.82, 2.24) is 4.90 Å². The van der Waals surface area contributed by atoms with Gasteiger partial charge in [0.15, 0.2) is 0 Å². The number of fused-ring (bicyclic) bond motifs is 1. The molecule has 2 N–H and O–H groups in total. The maximum absolute atomic E-state index is 14.5. The zero-order chi connectivity index (χ0) is 21.0. The standard InChI is InChI=1S/C22H26F2N4O/c1-4-28(5-2)13-14(3)26-21-9-7-16(11-19(21)24)25-12-18-17-10-15(23)6-8-20(17)27-22(18)29/h6-12,14,18,26H,4-5,13H2,1-3H3,(H,27,29). The van der Waals surface area contributed by atoms with Crippen LogP contribution in [0.3, 0.4) is 0 Å². The van der Waals surface area contributed by atoms with E-state index in [9.17, 15) is 13.6 Å². The Labute approximate surface area is 169 Å². The lowest BCUT2D eigenvalue weighted by molar-refractivity contribution is -0.115. The van der Waals surface area contributed by atoms with Gasteiger partial charge in [0.1, 0.15) is 17.6 Å². The summed E-state index contributed by atoms with van der Waals surface area (Å²) in [6.07, 6.45) is 1.42. The number of nitrogens with one attached hydrogen (secondary N) is 2. The van der Waals surface area contributed by atoms with E-state index in [1.807, 2.05) is 6.92 Å². The van der Waals surface area contributed by atoms with Crippen LogP contribution in [0, 0.1) is 11.6 Å². The molecule has 29 heavy (non-hydrogen) atoms. The van der Waals surface area contributed by atoms with E-state index in [1.165, 1.54) is 30.5 Å². The van der Waals surface area contributed by atoms with Gasteiger partial charge in [-0.15, -0.1) is 0 Å². The summed E-state index contributed by atoms with van der Waals surface area (Å²) in [4.78, 5) is 18.6. The van der Waals surface area contributed by atoms with Crippen LogP contribution in [-0.2, 0) is 4.79 Å². The van der Waals surface area contributed by atoms with Gasteiger partial charge >= 0.3 is 0 Å². The minimum absolute atomic E-state index is 0.0901. The lowest BCUT2D eigenvalue weighted by Gasteiger charge is -2.24. The highest BCUT2D eigenvalue weighted by molar-refractivity contribution is 6.12. The van der Waals surface area contributed by atoms with Crippen LogP contribution in [0.2, 0.25) is 0 Å². The smallest absolute Gasteiger partial charge is 0.237 e. The number of rotatable bonds is 8. The molecule has 2 atom stereocenters. The maximum atomic E-state index is 14.5. The maximum Gasteiger partial charge on any atom is 0.237 e. The number of carbonyl (C=O) groups excluding carboxylic acids is 1. The molecule has 0 bridgehead atoms. The molecule has 3 rings (SSSR count). The van der Waals surface area contributed by atoms with Crippen LogP contribution in [0.1, 0.15) is 32.3 Å². The first kappa shape index (κ1) is 20.9. The summed E-state index contributed by atoms with van der Waals surface area (Å²) in [5.74, 6) is -1.80. The number of aliphatic imine (C=N–C) groups is 1. The van der Waals surface area contributed by atoms with E-state index in [2.05, 4.69) is 34.4 Å². The van der Waals surface area contributed by atoms with Crippen molar-refractivity contribution >= 4 is 29.2 Å². The molecule has 1 aliphatic heterocycles. The fourth-order valence-electron chi connectivity index (χ4n) is 3.45. The highest BCUT2D eigenvalue weighted by Crippen LogP contribution is 2.32. The minimum atomic E-state index is -0.698. The largest absolute Gasteiger partial charge is 0.379 e. The van der Waals surface area contributed by atoms with Crippen LogP contribution in [0.4, 0.5) is 25.8 Å². The Balaban J connectivity index is 1.70. The minimum Gasteiger partial charge on any atom is -0.379 e. The molecule has 0 saturated carbocycles. The molecule has 7 heteroatoms. The fraction of sp³-hybridized carbons (Fsp3) is 0.364. The molecular formula is C22H26F2N4O. The van der Waals surface area contributed by atoms with Crippen molar-refractivity contribution in [3.05, 3.63) is 53.6 Å². The molecule has 1 heterocycles. The SMILES string of the molecule is CCN(CC)CC(C)Nc1ccc(N=CC2C(=O)Nc3ccc(F)cc32)cc1F. The zero-order valence-corrected chi connectivity index (χ0v) is 16.9. The van der Waals surface area contributed by atoms with Crippen molar-refractivity contribution < 1.29 is 13.6 Å². The van der Waals surface area contributed by atoms with Crippen molar-refractivity contribution in [2.45, 2.75) is 32.7 Å². The molecule has 1 aliphatic rings. The molecule has 0 saturated heterocycles. The summed E-state index contributed by atoms with van der Waals surface area (Å²) in [5.41, 5.74) is 1.90. The normalized spacial score (nSPS) is 16.9. The molecule has 2 aromatic rings. The van der Waals surface area contributed by atoms with Crippen molar-refractivity contribution in [3.8, 4) is 0 Å². The number of halogens is 2. The van der Waals surface area contributed by atoms with Crippen LogP contribution in [0.5, 0.6) is 0 Å². The molecule has 154 valence electrons. The molecule has 0 radical (unpaired) electrons. The Morgan fingerprint density at radius 1 is 1.21 bits per heavy atom. The fourth-order valence-corrected chi connectivity index (χ4v) is 3.45. The number of nitrogens with zero attached hydrogens (tertiary/aromatic N) is 2. The van der Waals surface area contributed by atoms with Crippen molar-refractivity contribution in [1.29, 1.82) is 0 Å². The van der Waals surface area contributed by atoms with E-state index >= 15 is 0 Å². The Morgan fingerprint density at radius 2 is 1.97 bits per heavy atom. The highest BCUT2D eigenvalue weighted by atomic mass is 19.1. The first-order chi connectivity index (χ1) is 13.9. The molecule has 5 nitrogen and oxygen atoms in total. The molecule has 0 fully saturated rings. The average Bonchev–Trinajstić information content (AvgIpc) is 3.00. The summed E-state index contributed by atoms with van der Waals surface area (Å²) in [6.45, 7) is 8.92. The number of likely N-dealkylation sites (N-methyl/N-ethyl adjacent to an activating group) is 1. The number of hydrogen-bond acceptors (Lipinski definition) is 4. The van der Waals surface area contributed by atoms with E-state index in [4.69, 9.17) is 0 Å². The van der Waals surface area contributed by atoms with Crippen LogP contribution in [0.15, 0.2) is 41.4 Å². The van der Waals surface area contributed by atoms with E-state index < -0.39 is 17.6 Å². The number of hydrogen-bond donors (Lipinski definition) is 2. The first-order valence-electron chi connectivity index (χ1n) is 9.84. The Kier molecular flexibility index (Phi) is 6.59. The van der Waals surface area contributed by atoms with Gasteiger partial charge < -0.3 is 15.5 Å². The number of amides is 1. The second-order valence-corrected chi connectivity index (χ2v) is 7.17. The first-order valence-corrected chi connectivity index (χ1v) is 9.84. The summed E-state index contributed by atoms with van der Waals surface area (Å²) >= 11 is 0. The van der Waals surface area contributed by atoms with Gasteiger partial charge in [-0.1, -0.05) is 13.8 Å². The number of benzene rings is 2. The van der Waals surface area contributed by atoms with Gasteiger partial charge in [0.25, 0.3) is 0 Å². The second kappa shape index (κ2) is 9.13. The summed E-state index contributed by atoms with van der Waals surface area (Å²) in [7, 11) is 0. The molecule has 2 aromatic carbocycles. The van der Waals surface area contributed by atoms with E-state index in [0.717, 1.165) is 19.6 Å². The van der Waals surface area contributed by atoms with Crippen LogP contribution >= 0.6 is 0 Å². The third-order valence-electron chi connectivity index (χ3n) is 5.04. The van der Waals surface area contributed by atoms with Crippen molar-refractivity contribution in [2.75, 3.05) is 30.3 Å². The lowest BCUT2D eigenvalue weighted by Crippen LogP contribution is -2.34. The van der Waals surface area contributed by atoms with E-state index in [0.29, 0.717) is 22.6 Å². The van der Waals surface area contributed by atoms with Gasteiger partial charge in [0.2, 0.25) is 5.91 Å². The number of anilines is 2. The van der Waals surface area contributed by atoms with Gasteiger partial charge in [-0.2, -0.15) is 0 Å². The predicted molar refractivity (Wildman–Crippen MR) is 113 cm³/mol. The third kappa shape index (κ3) is 4.98. The lowest BCUT2D eigenvalue weighted by atomic mass is 10.0. The molecular weight excluding hydrogens is 374 g/mol. The highest BCUT2D eigenvalue weighted by Gasteiger charge is 2.29.